The average Bonchev–Trinajstić information content (AvgIpc) is 3.03. The van der Waals surface area contributed by atoms with E-state index in [4.69, 9.17) is 0 Å². The van der Waals surface area contributed by atoms with Crippen molar-refractivity contribution in [3.05, 3.63) is 24.4 Å². The first-order chi connectivity index (χ1) is 10.8. The van der Waals surface area contributed by atoms with Crippen LogP contribution in [0.25, 0.3) is 10.9 Å². The molecule has 0 aliphatic rings. The Hall–Kier alpha value is -0.511. The van der Waals surface area contributed by atoms with Gasteiger partial charge < -0.3 is 0 Å². The van der Waals surface area contributed by atoms with Gasteiger partial charge in [0.1, 0.15) is 0 Å². The van der Waals surface area contributed by atoms with Gasteiger partial charge in [0.25, 0.3) is 0 Å². The number of benzene rings is 1. The number of H-pyrrole nitrogens is 1. The predicted octanol–water partition coefficient (Wildman–Crippen LogP) is 5.62. The quantitative estimate of drug-likeness (QED) is 0.509. The number of nitrogens with zero attached hydrogens (tertiary/aromatic N) is 1. The molecule has 0 saturated heterocycles. The fourth-order valence-corrected chi connectivity index (χ4v) is 20.5. The number of hydrogen-bond donors (Lipinski definition) is 1. The van der Waals surface area contributed by atoms with Gasteiger partial charge in [0.05, 0.1) is 0 Å². The van der Waals surface area contributed by atoms with Crippen molar-refractivity contribution in [1.82, 2.24) is 10.2 Å². The number of unbranched alkanes of at least 4 members (excludes halogenated alkanes) is 3. The Morgan fingerprint density at radius 1 is 0.909 bits per heavy atom. The molecule has 3 heteroatoms. The van der Waals surface area contributed by atoms with Gasteiger partial charge in [-0.15, -0.1) is 0 Å². The number of rotatable bonds is 10. The van der Waals surface area contributed by atoms with E-state index in [0.29, 0.717) is 0 Å². The van der Waals surface area contributed by atoms with Crippen LogP contribution in [0.3, 0.4) is 0 Å². The Labute approximate surface area is 140 Å². The summed E-state index contributed by atoms with van der Waals surface area (Å²) in [6.45, 7) is 7.03. The van der Waals surface area contributed by atoms with Gasteiger partial charge in [-0.05, 0) is 0 Å². The van der Waals surface area contributed by atoms with Crippen LogP contribution in [0.1, 0.15) is 59.3 Å². The van der Waals surface area contributed by atoms with Crippen LogP contribution >= 0.6 is 0 Å². The molecule has 0 aliphatic heterocycles. The molecule has 0 spiro atoms. The summed E-state index contributed by atoms with van der Waals surface area (Å²) in [7, 11) is 0. The second-order valence-corrected chi connectivity index (χ2v) is 19.9. The van der Waals surface area contributed by atoms with Gasteiger partial charge in [0.2, 0.25) is 0 Å². The number of aromatic nitrogens is 2. The molecule has 0 fully saturated rings. The SMILES string of the molecule is CCC[CH2][Sn]([CH2]CCC)([CH2]CCC)[c]1cccc2[nH]ncc12. The summed E-state index contributed by atoms with van der Waals surface area (Å²) in [6.07, 6.45) is 10.3. The maximum absolute atomic E-state index is 4.32. The summed E-state index contributed by atoms with van der Waals surface area (Å²) in [5.41, 5.74) is 1.24. The van der Waals surface area contributed by atoms with Crippen molar-refractivity contribution in [3.63, 3.8) is 0 Å². The molecular formula is C19H32N2Sn. The van der Waals surface area contributed by atoms with Crippen LogP contribution in [0.2, 0.25) is 13.3 Å². The van der Waals surface area contributed by atoms with Crippen LogP contribution < -0.4 is 3.58 Å². The summed E-state index contributed by atoms with van der Waals surface area (Å²) in [5.74, 6) is 0. The summed E-state index contributed by atoms with van der Waals surface area (Å²) < 4.78 is 6.32. The number of hydrogen-bond acceptors (Lipinski definition) is 1. The molecule has 1 aromatic carbocycles. The van der Waals surface area contributed by atoms with Gasteiger partial charge in [0, 0.05) is 0 Å². The minimum absolute atomic E-state index is 1.24. The Bertz CT molecular complexity index is 540. The van der Waals surface area contributed by atoms with E-state index in [1.54, 1.807) is 3.58 Å². The fourth-order valence-electron chi connectivity index (χ4n) is 3.76. The van der Waals surface area contributed by atoms with Gasteiger partial charge in [0.15, 0.2) is 0 Å². The van der Waals surface area contributed by atoms with Gasteiger partial charge in [-0.3, -0.25) is 0 Å². The standard InChI is InChI=1S/C7H5N2.3C4H9.Sn/c1-2-4-7-6(3-1)5-8-9-7;3*1-3-4-2;/h1-2,4-5H,(H,8,9);3*1,3-4H2,2H3;. The van der Waals surface area contributed by atoms with Crippen LogP contribution in [0.5, 0.6) is 0 Å². The second-order valence-electron chi connectivity index (χ2n) is 6.73. The molecule has 2 nitrogen and oxygen atoms in total. The normalized spacial score (nSPS) is 12.1. The molecule has 0 aliphatic carbocycles. The van der Waals surface area contributed by atoms with Crippen molar-refractivity contribution in [1.29, 1.82) is 0 Å². The first-order valence-corrected chi connectivity index (χ1v) is 16.7. The monoisotopic (exact) mass is 408 g/mol. The Balaban J connectivity index is 2.45. The Morgan fingerprint density at radius 3 is 2.05 bits per heavy atom. The molecule has 122 valence electrons. The molecule has 1 heterocycles. The van der Waals surface area contributed by atoms with Crippen molar-refractivity contribution < 1.29 is 0 Å². The Kier molecular flexibility index (Phi) is 7.26. The van der Waals surface area contributed by atoms with Gasteiger partial charge in [-0.1, -0.05) is 0 Å². The van der Waals surface area contributed by atoms with Crippen molar-refractivity contribution >= 4 is 32.9 Å². The van der Waals surface area contributed by atoms with Crippen LogP contribution in [0, 0.1) is 0 Å². The van der Waals surface area contributed by atoms with Crippen molar-refractivity contribution in [3.8, 4) is 0 Å². The van der Waals surface area contributed by atoms with E-state index in [0.717, 1.165) is 0 Å². The predicted molar refractivity (Wildman–Crippen MR) is 101 cm³/mol. The van der Waals surface area contributed by atoms with E-state index < -0.39 is 18.4 Å². The maximum atomic E-state index is 4.32. The molecule has 0 bridgehead atoms. The zero-order valence-electron chi connectivity index (χ0n) is 14.6. The first kappa shape index (κ1) is 17.8. The molecule has 2 rings (SSSR count). The molecule has 1 aromatic heterocycles. The third-order valence-electron chi connectivity index (χ3n) is 5.08. The van der Waals surface area contributed by atoms with Crippen LogP contribution in [0.15, 0.2) is 24.4 Å². The van der Waals surface area contributed by atoms with E-state index in [2.05, 4.69) is 55.4 Å². The minimum atomic E-state index is -2.32. The van der Waals surface area contributed by atoms with Gasteiger partial charge in [-0.2, -0.15) is 0 Å². The van der Waals surface area contributed by atoms with E-state index >= 15 is 0 Å². The van der Waals surface area contributed by atoms with Crippen LogP contribution in [-0.4, -0.2) is 28.6 Å². The van der Waals surface area contributed by atoms with E-state index in [1.807, 2.05) is 0 Å². The van der Waals surface area contributed by atoms with Crippen LogP contribution in [0.4, 0.5) is 0 Å². The molecule has 2 aromatic rings. The molecule has 0 amide bonds. The molecule has 22 heavy (non-hydrogen) atoms. The third kappa shape index (κ3) is 4.06. The zero-order chi connectivity index (χ0) is 15.8. The van der Waals surface area contributed by atoms with Crippen molar-refractivity contribution in [2.24, 2.45) is 0 Å². The molecule has 0 radical (unpaired) electrons. The molecular weight excluding hydrogens is 375 g/mol. The second kappa shape index (κ2) is 8.95. The fraction of sp³-hybridized carbons (Fsp3) is 0.632. The first-order valence-electron chi connectivity index (χ1n) is 9.20. The number of aromatic amines is 1. The number of nitrogens with one attached hydrogen (secondary N) is 1. The molecule has 0 unspecified atom stereocenters. The summed E-state index contributed by atoms with van der Waals surface area (Å²) in [4.78, 5) is 0. The van der Waals surface area contributed by atoms with Gasteiger partial charge >= 0.3 is 140 Å². The molecule has 0 saturated carbocycles. The Morgan fingerprint density at radius 2 is 1.50 bits per heavy atom. The van der Waals surface area contributed by atoms with E-state index in [-0.39, 0.29) is 0 Å². The zero-order valence-corrected chi connectivity index (χ0v) is 17.5. The van der Waals surface area contributed by atoms with Crippen molar-refractivity contribution in [2.75, 3.05) is 0 Å². The van der Waals surface area contributed by atoms with E-state index in [9.17, 15) is 0 Å². The van der Waals surface area contributed by atoms with Gasteiger partial charge in [-0.25, -0.2) is 0 Å². The van der Waals surface area contributed by atoms with Crippen LogP contribution in [-0.2, 0) is 0 Å². The molecule has 0 atom stereocenters. The summed E-state index contributed by atoms with van der Waals surface area (Å²) in [6, 6.07) is 6.89. The van der Waals surface area contributed by atoms with E-state index in [1.165, 1.54) is 62.7 Å². The molecule has 1 N–H and O–H groups in total. The number of fused-ring (bicyclic) bond motifs is 1. The summed E-state index contributed by atoms with van der Waals surface area (Å²) >= 11 is -2.32. The summed E-state index contributed by atoms with van der Waals surface area (Å²) in [5, 5.41) is 8.94. The average molecular weight is 407 g/mol. The topological polar surface area (TPSA) is 28.7 Å². The van der Waals surface area contributed by atoms with Crippen molar-refractivity contribution in [2.45, 2.75) is 72.6 Å². The third-order valence-corrected chi connectivity index (χ3v) is 20.8.